The molecule has 0 aromatic heterocycles. The maximum absolute atomic E-state index is 12.7. The number of ether oxygens (including phenoxy) is 1. The zero-order valence-electron chi connectivity index (χ0n) is 14.9. The first-order valence-electron chi connectivity index (χ1n) is 8.45. The predicted molar refractivity (Wildman–Crippen MR) is 108 cm³/mol. The summed E-state index contributed by atoms with van der Waals surface area (Å²) in [7, 11) is 0. The third-order valence-electron chi connectivity index (χ3n) is 3.81. The summed E-state index contributed by atoms with van der Waals surface area (Å²) in [4.78, 5) is 29.8. The van der Waals surface area contributed by atoms with Crippen LogP contribution < -0.4 is 9.84 Å². The summed E-state index contributed by atoms with van der Waals surface area (Å²) < 4.78 is 5.05. The summed E-state index contributed by atoms with van der Waals surface area (Å²) in [5.41, 5.74) is 1.39. The minimum absolute atomic E-state index is 0.129. The molecular formula is C20H16ClN2O4S-. The van der Waals surface area contributed by atoms with Gasteiger partial charge in [-0.25, -0.2) is 4.99 Å². The van der Waals surface area contributed by atoms with Gasteiger partial charge in [0.25, 0.3) is 5.91 Å². The summed E-state index contributed by atoms with van der Waals surface area (Å²) in [6.07, 6.45) is 1.76. The number of rotatable bonds is 6. The Bertz CT molecular complexity index is 957. The number of aliphatic imine (C=N–C) groups is 1. The highest BCUT2D eigenvalue weighted by Crippen LogP contribution is 2.35. The topological polar surface area (TPSA) is 82.0 Å². The Balaban J connectivity index is 1.82. The molecule has 1 aliphatic rings. The van der Waals surface area contributed by atoms with Gasteiger partial charge in [-0.2, -0.15) is 0 Å². The summed E-state index contributed by atoms with van der Waals surface area (Å²) in [6.45, 7) is 1.86. The number of para-hydroxylation sites is 1. The molecule has 0 aliphatic carbocycles. The van der Waals surface area contributed by atoms with Gasteiger partial charge in [-0.05, 0) is 54.6 Å². The van der Waals surface area contributed by atoms with E-state index in [9.17, 15) is 14.7 Å². The van der Waals surface area contributed by atoms with Crippen molar-refractivity contribution in [3.63, 3.8) is 0 Å². The van der Waals surface area contributed by atoms with Gasteiger partial charge in [-0.1, -0.05) is 35.9 Å². The number of carbonyl (C=O) groups is 2. The molecule has 0 bridgehead atoms. The molecule has 144 valence electrons. The van der Waals surface area contributed by atoms with Crippen LogP contribution in [0.1, 0.15) is 12.5 Å². The van der Waals surface area contributed by atoms with E-state index >= 15 is 0 Å². The fourth-order valence-corrected chi connectivity index (χ4v) is 3.70. The summed E-state index contributed by atoms with van der Waals surface area (Å²) >= 11 is 7.45. The maximum atomic E-state index is 12.7. The third kappa shape index (κ3) is 4.74. The van der Waals surface area contributed by atoms with Gasteiger partial charge in [0.1, 0.15) is 12.4 Å². The molecule has 1 aliphatic heterocycles. The van der Waals surface area contributed by atoms with Crippen LogP contribution in [0.25, 0.3) is 6.08 Å². The minimum atomic E-state index is -1.29. The Morgan fingerprint density at radius 1 is 1.25 bits per heavy atom. The number of halogens is 1. The van der Waals surface area contributed by atoms with Crippen molar-refractivity contribution >= 4 is 52.2 Å². The van der Waals surface area contributed by atoms with Crippen molar-refractivity contribution in [3.8, 4) is 5.75 Å². The predicted octanol–water partition coefficient (Wildman–Crippen LogP) is 3.09. The molecule has 2 aromatic carbocycles. The van der Waals surface area contributed by atoms with Crippen molar-refractivity contribution in [1.82, 2.24) is 4.90 Å². The Morgan fingerprint density at radius 2 is 1.96 bits per heavy atom. The lowest BCUT2D eigenvalue weighted by Gasteiger charge is -2.12. The molecule has 1 fully saturated rings. The second kappa shape index (κ2) is 8.95. The molecule has 6 nitrogen and oxygen atoms in total. The number of likely N-dealkylation sites (N-methyl/N-ethyl adjacent to an activating group) is 1. The largest absolute Gasteiger partial charge is 0.546 e. The number of carboxylic acids is 1. The molecular weight excluding hydrogens is 400 g/mol. The number of amides is 1. The van der Waals surface area contributed by atoms with Gasteiger partial charge in [0.15, 0.2) is 5.17 Å². The molecule has 28 heavy (non-hydrogen) atoms. The van der Waals surface area contributed by atoms with Gasteiger partial charge in [-0.3, -0.25) is 9.69 Å². The van der Waals surface area contributed by atoms with E-state index in [1.165, 1.54) is 11.8 Å². The fraction of sp³-hybridized carbons (Fsp3) is 0.150. The molecule has 3 rings (SSSR count). The number of hydrogen-bond donors (Lipinski definition) is 0. The molecule has 0 radical (unpaired) electrons. The van der Waals surface area contributed by atoms with Crippen molar-refractivity contribution in [1.29, 1.82) is 0 Å². The normalized spacial score (nSPS) is 16.8. The first-order valence-corrected chi connectivity index (χ1v) is 9.64. The van der Waals surface area contributed by atoms with Crippen LogP contribution in [-0.4, -0.2) is 35.1 Å². The van der Waals surface area contributed by atoms with E-state index in [0.717, 1.165) is 5.56 Å². The van der Waals surface area contributed by atoms with Crippen LogP contribution in [0.15, 0.2) is 58.4 Å². The van der Waals surface area contributed by atoms with Gasteiger partial charge in [0.2, 0.25) is 0 Å². The van der Waals surface area contributed by atoms with Crippen molar-refractivity contribution in [3.05, 3.63) is 64.0 Å². The van der Waals surface area contributed by atoms with E-state index in [1.807, 2.05) is 19.1 Å². The van der Waals surface area contributed by atoms with E-state index in [-0.39, 0.29) is 5.91 Å². The standard InChI is InChI=1S/C20H17ClN2O4S/c1-2-23-19(26)17(28-20(23)22-16-6-4-3-5-15(16)21)11-13-7-9-14(10-8-13)27-12-18(24)25/h3-11H,2,12H2,1H3,(H,24,25)/p-1/b17-11+,22-20?. The van der Waals surface area contributed by atoms with Gasteiger partial charge < -0.3 is 14.6 Å². The van der Waals surface area contributed by atoms with Gasteiger partial charge in [0, 0.05) is 6.54 Å². The Kier molecular flexibility index (Phi) is 6.38. The number of aliphatic carboxylic acids is 1. The minimum Gasteiger partial charge on any atom is -0.546 e. The van der Waals surface area contributed by atoms with Crippen molar-refractivity contribution in [2.45, 2.75) is 6.92 Å². The van der Waals surface area contributed by atoms with E-state index < -0.39 is 12.6 Å². The number of carbonyl (C=O) groups excluding carboxylic acids is 2. The molecule has 0 unspecified atom stereocenters. The molecule has 0 spiro atoms. The van der Waals surface area contributed by atoms with Crippen molar-refractivity contribution < 1.29 is 19.4 Å². The van der Waals surface area contributed by atoms with Crippen LogP contribution in [0.3, 0.4) is 0 Å². The van der Waals surface area contributed by atoms with Gasteiger partial charge in [0.05, 0.1) is 21.6 Å². The van der Waals surface area contributed by atoms with E-state index in [4.69, 9.17) is 16.3 Å². The van der Waals surface area contributed by atoms with Crippen LogP contribution in [0.5, 0.6) is 5.75 Å². The lowest BCUT2D eigenvalue weighted by molar-refractivity contribution is -0.307. The zero-order valence-corrected chi connectivity index (χ0v) is 16.5. The average Bonchev–Trinajstić information content (AvgIpc) is 2.97. The van der Waals surface area contributed by atoms with Crippen molar-refractivity contribution in [2.75, 3.05) is 13.2 Å². The third-order valence-corrected chi connectivity index (χ3v) is 5.13. The second-order valence-corrected chi connectivity index (χ2v) is 7.15. The lowest BCUT2D eigenvalue weighted by Crippen LogP contribution is -2.28. The van der Waals surface area contributed by atoms with Crippen LogP contribution >= 0.6 is 23.4 Å². The summed E-state index contributed by atoms with van der Waals surface area (Å²) in [5, 5.41) is 11.5. The second-order valence-electron chi connectivity index (χ2n) is 5.74. The molecule has 0 saturated carbocycles. The number of carboxylic acid groups (broad SMARTS) is 1. The zero-order chi connectivity index (χ0) is 20.1. The SMILES string of the molecule is CCN1C(=O)/C(=C\c2ccc(OCC(=O)[O-])cc2)SC1=Nc1ccccc1Cl. The molecule has 8 heteroatoms. The highest BCUT2D eigenvalue weighted by atomic mass is 35.5. The first kappa shape index (κ1) is 20.0. The van der Waals surface area contributed by atoms with Crippen molar-refractivity contribution in [2.24, 2.45) is 4.99 Å². The maximum Gasteiger partial charge on any atom is 0.266 e. The summed E-state index contributed by atoms with van der Waals surface area (Å²) in [5.74, 6) is -1.01. The first-order chi connectivity index (χ1) is 13.5. The number of nitrogens with zero attached hydrogens (tertiary/aromatic N) is 2. The lowest BCUT2D eigenvalue weighted by atomic mass is 10.2. The Morgan fingerprint density at radius 3 is 2.61 bits per heavy atom. The quantitative estimate of drug-likeness (QED) is 0.677. The van der Waals surface area contributed by atoms with E-state index in [0.29, 0.717) is 33.1 Å². The molecule has 1 heterocycles. The van der Waals surface area contributed by atoms with Gasteiger partial charge in [-0.15, -0.1) is 0 Å². The number of benzene rings is 2. The van der Waals surface area contributed by atoms with Gasteiger partial charge >= 0.3 is 0 Å². The number of hydrogen-bond acceptors (Lipinski definition) is 6. The Labute approximate surface area is 171 Å². The van der Waals surface area contributed by atoms with Crippen LogP contribution in [-0.2, 0) is 9.59 Å². The molecule has 0 N–H and O–H groups in total. The van der Waals surface area contributed by atoms with E-state index in [2.05, 4.69) is 4.99 Å². The number of thioether (sulfide) groups is 1. The summed E-state index contributed by atoms with van der Waals surface area (Å²) in [6, 6.07) is 14.0. The highest BCUT2D eigenvalue weighted by molar-refractivity contribution is 8.18. The van der Waals surface area contributed by atoms with Crippen LogP contribution in [0, 0.1) is 0 Å². The monoisotopic (exact) mass is 415 g/mol. The molecule has 1 saturated heterocycles. The van der Waals surface area contributed by atoms with Crippen LogP contribution in [0.2, 0.25) is 5.02 Å². The van der Waals surface area contributed by atoms with Crippen LogP contribution in [0.4, 0.5) is 5.69 Å². The number of amidine groups is 1. The average molecular weight is 416 g/mol. The molecule has 2 aromatic rings. The molecule has 1 amide bonds. The van der Waals surface area contributed by atoms with E-state index in [1.54, 1.807) is 47.4 Å². The Hall–Kier alpha value is -2.77. The fourth-order valence-electron chi connectivity index (χ4n) is 2.47. The molecule has 0 atom stereocenters. The highest BCUT2D eigenvalue weighted by Gasteiger charge is 2.32. The smallest absolute Gasteiger partial charge is 0.266 e.